The number of likely N-dealkylation sites (N-methyl/N-ethyl adjacent to an activating group) is 1. The molecule has 2 aromatic heterocycles. The zero-order valence-electron chi connectivity index (χ0n) is 20.1. The number of rotatable bonds is 9. The number of aryl methyl sites for hydroxylation is 1. The van der Waals surface area contributed by atoms with E-state index in [2.05, 4.69) is 22.3 Å². The molecule has 0 fully saturated rings. The lowest BCUT2D eigenvalue weighted by Crippen LogP contribution is -2.23. The second kappa shape index (κ2) is 11.1. The Hall–Kier alpha value is -3.84. The minimum atomic E-state index is -0.128. The number of carbonyl (C=O) groups is 1. The Balaban J connectivity index is 1.38. The first kappa shape index (κ1) is 24.3. The van der Waals surface area contributed by atoms with E-state index in [9.17, 15) is 4.79 Å². The fraction of sp³-hybridized carbons (Fsp3) is 0.222. The summed E-state index contributed by atoms with van der Waals surface area (Å²) >= 11 is 6.60. The van der Waals surface area contributed by atoms with Crippen molar-refractivity contribution in [3.8, 4) is 5.75 Å². The van der Waals surface area contributed by atoms with Crippen LogP contribution in [0.5, 0.6) is 5.75 Å². The van der Waals surface area contributed by atoms with E-state index in [1.807, 2.05) is 60.3 Å². The lowest BCUT2D eigenvalue weighted by Gasteiger charge is -2.13. The monoisotopic (exact) mass is 489 g/mol. The Morgan fingerprint density at radius 1 is 1.09 bits per heavy atom. The van der Waals surface area contributed by atoms with Crippen molar-refractivity contribution in [3.05, 3.63) is 106 Å². The smallest absolute Gasteiger partial charge is 0.246 e. The Morgan fingerprint density at radius 3 is 2.63 bits per heavy atom. The van der Waals surface area contributed by atoms with Crippen LogP contribution in [0.25, 0.3) is 6.08 Å². The van der Waals surface area contributed by atoms with Gasteiger partial charge in [-0.2, -0.15) is 10.2 Å². The van der Waals surface area contributed by atoms with Gasteiger partial charge in [-0.1, -0.05) is 54.1 Å². The normalized spacial score (nSPS) is 11.2. The van der Waals surface area contributed by atoms with Crippen LogP contribution >= 0.6 is 11.6 Å². The standard InChI is InChI=1S/C27H28ClN5O2/c1-20-25(27(28)33(30-20)19-22-10-7-11-24(14-22)35-3)12-13-26(34)31(2)16-23-15-29-32(18-23)17-21-8-5-4-6-9-21/h4-15,18H,16-17,19H2,1-3H3/b13-12+. The van der Waals surface area contributed by atoms with Gasteiger partial charge in [0.2, 0.25) is 5.91 Å². The summed E-state index contributed by atoms with van der Waals surface area (Å²) in [7, 11) is 3.40. The van der Waals surface area contributed by atoms with Crippen molar-refractivity contribution in [1.82, 2.24) is 24.5 Å². The first-order chi connectivity index (χ1) is 16.9. The number of carbonyl (C=O) groups excluding carboxylic acids is 1. The predicted octanol–water partition coefficient (Wildman–Crippen LogP) is 4.82. The van der Waals surface area contributed by atoms with E-state index in [1.165, 1.54) is 11.6 Å². The van der Waals surface area contributed by atoms with Gasteiger partial charge in [-0.25, -0.2) is 4.68 Å². The highest BCUT2D eigenvalue weighted by atomic mass is 35.5. The molecule has 35 heavy (non-hydrogen) atoms. The molecule has 0 atom stereocenters. The molecular formula is C27H28ClN5O2. The van der Waals surface area contributed by atoms with Crippen LogP contribution in [0.15, 0.2) is 73.1 Å². The molecule has 0 saturated carbocycles. The summed E-state index contributed by atoms with van der Waals surface area (Å²) in [5.74, 6) is 0.652. The molecule has 4 aromatic rings. The van der Waals surface area contributed by atoms with Crippen molar-refractivity contribution in [2.45, 2.75) is 26.6 Å². The minimum Gasteiger partial charge on any atom is -0.497 e. The van der Waals surface area contributed by atoms with E-state index >= 15 is 0 Å². The van der Waals surface area contributed by atoms with Crippen molar-refractivity contribution >= 4 is 23.6 Å². The maximum absolute atomic E-state index is 12.7. The van der Waals surface area contributed by atoms with Crippen molar-refractivity contribution in [2.75, 3.05) is 14.2 Å². The van der Waals surface area contributed by atoms with Crippen LogP contribution in [-0.4, -0.2) is 44.5 Å². The molecule has 2 aromatic carbocycles. The number of amides is 1. The molecule has 0 radical (unpaired) electrons. The molecule has 2 heterocycles. The van der Waals surface area contributed by atoms with Gasteiger partial charge in [0.05, 0.1) is 32.1 Å². The fourth-order valence-electron chi connectivity index (χ4n) is 3.78. The number of methoxy groups -OCH3 is 1. The van der Waals surface area contributed by atoms with E-state index in [0.717, 1.165) is 28.1 Å². The number of ether oxygens (including phenoxy) is 1. The van der Waals surface area contributed by atoms with Gasteiger partial charge >= 0.3 is 0 Å². The molecule has 0 aliphatic carbocycles. The topological polar surface area (TPSA) is 65.2 Å². The molecule has 8 heteroatoms. The predicted molar refractivity (Wildman–Crippen MR) is 137 cm³/mol. The number of halogens is 1. The molecule has 7 nitrogen and oxygen atoms in total. The number of aromatic nitrogens is 4. The summed E-state index contributed by atoms with van der Waals surface area (Å²) in [6.45, 7) is 3.53. The number of hydrogen-bond acceptors (Lipinski definition) is 4. The van der Waals surface area contributed by atoms with Crippen molar-refractivity contribution in [3.63, 3.8) is 0 Å². The molecule has 0 aliphatic rings. The van der Waals surface area contributed by atoms with Crippen LogP contribution in [0.4, 0.5) is 0 Å². The fourth-order valence-corrected chi connectivity index (χ4v) is 4.08. The average molecular weight is 490 g/mol. The largest absolute Gasteiger partial charge is 0.497 e. The van der Waals surface area contributed by atoms with Crippen molar-refractivity contribution in [1.29, 1.82) is 0 Å². The highest BCUT2D eigenvalue weighted by molar-refractivity contribution is 6.31. The lowest BCUT2D eigenvalue weighted by atomic mass is 10.2. The average Bonchev–Trinajstić information content (AvgIpc) is 3.41. The lowest BCUT2D eigenvalue weighted by molar-refractivity contribution is -0.125. The minimum absolute atomic E-state index is 0.128. The number of benzene rings is 2. The molecule has 0 saturated heterocycles. The van der Waals surface area contributed by atoms with Crippen LogP contribution in [-0.2, 0) is 24.4 Å². The van der Waals surface area contributed by atoms with E-state index in [-0.39, 0.29) is 5.91 Å². The Kier molecular flexibility index (Phi) is 7.67. The third-order valence-electron chi connectivity index (χ3n) is 5.64. The van der Waals surface area contributed by atoms with E-state index in [1.54, 1.807) is 36.0 Å². The third kappa shape index (κ3) is 6.19. The van der Waals surface area contributed by atoms with E-state index in [4.69, 9.17) is 16.3 Å². The SMILES string of the molecule is COc1cccc(Cn2nc(C)c(/C=C/C(=O)N(C)Cc3cnn(Cc4ccccc4)c3)c2Cl)c1. The molecule has 0 spiro atoms. The highest BCUT2D eigenvalue weighted by Crippen LogP contribution is 2.23. The zero-order chi connectivity index (χ0) is 24.8. The molecule has 1 amide bonds. The van der Waals surface area contributed by atoms with Gasteiger partial charge in [0.15, 0.2) is 0 Å². The van der Waals surface area contributed by atoms with Gasteiger partial charge in [-0.05, 0) is 36.3 Å². The number of nitrogens with zero attached hydrogens (tertiary/aromatic N) is 5. The quantitative estimate of drug-likeness (QED) is 0.316. The second-order valence-corrected chi connectivity index (χ2v) is 8.72. The van der Waals surface area contributed by atoms with Gasteiger partial charge in [-0.15, -0.1) is 0 Å². The summed E-state index contributed by atoms with van der Waals surface area (Å²) < 4.78 is 8.88. The molecule has 4 rings (SSSR count). The third-order valence-corrected chi connectivity index (χ3v) is 6.04. The van der Waals surface area contributed by atoms with Crippen LogP contribution in [0.3, 0.4) is 0 Å². The van der Waals surface area contributed by atoms with Gasteiger partial charge in [-0.3, -0.25) is 9.48 Å². The summed E-state index contributed by atoms with van der Waals surface area (Å²) in [4.78, 5) is 14.4. The summed E-state index contributed by atoms with van der Waals surface area (Å²) in [5.41, 5.74) is 4.64. The Morgan fingerprint density at radius 2 is 1.86 bits per heavy atom. The van der Waals surface area contributed by atoms with Crippen LogP contribution in [0, 0.1) is 6.92 Å². The Labute approximate surface area is 210 Å². The first-order valence-corrected chi connectivity index (χ1v) is 11.6. The number of hydrogen-bond donors (Lipinski definition) is 0. The Bertz CT molecular complexity index is 1330. The van der Waals surface area contributed by atoms with E-state index in [0.29, 0.717) is 24.8 Å². The second-order valence-electron chi connectivity index (χ2n) is 8.36. The molecule has 0 aliphatic heterocycles. The molecular weight excluding hydrogens is 462 g/mol. The highest BCUT2D eigenvalue weighted by Gasteiger charge is 2.13. The van der Waals surface area contributed by atoms with Crippen molar-refractivity contribution in [2.24, 2.45) is 0 Å². The maximum atomic E-state index is 12.7. The van der Waals surface area contributed by atoms with Crippen molar-refractivity contribution < 1.29 is 9.53 Å². The van der Waals surface area contributed by atoms with Crippen LogP contribution in [0.2, 0.25) is 5.15 Å². The van der Waals surface area contributed by atoms with Gasteiger partial charge < -0.3 is 9.64 Å². The van der Waals surface area contributed by atoms with Gasteiger partial charge in [0, 0.05) is 37.0 Å². The molecule has 0 unspecified atom stereocenters. The molecule has 180 valence electrons. The first-order valence-electron chi connectivity index (χ1n) is 11.3. The van der Waals surface area contributed by atoms with Crippen LogP contribution in [0.1, 0.15) is 27.9 Å². The van der Waals surface area contributed by atoms with Gasteiger partial charge in [0.25, 0.3) is 0 Å². The van der Waals surface area contributed by atoms with Gasteiger partial charge in [0.1, 0.15) is 10.9 Å². The molecule has 0 N–H and O–H groups in total. The van der Waals surface area contributed by atoms with E-state index < -0.39 is 0 Å². The molecule has 0 bridgehead atoms. The zero-order valence-corrected chi connectivity index (χ0v) is 20.8. The summed E-state index contributed by atoms with van der Waals surface area (Å²) in [6, 6.07) is 17.9. The maximum Gasteiger partial charge on any atom is 0.246 e. The van der Waals surface area contributed by atoms with Crippen LogP contribution < -0.4 is 4.74 Å². The summed E-state index contributed by atoms with van der Waals surface area (Å²) in [5, 5.41) is 9.44. The summed E-state index contributed by atoms with van der Waals surface area (Å²) in [6.07, 6.45) is 7.01.